The molecule has 1 aromatic carbocycles. The normalized spacial score (nSPS) is 18.9. The molecule has 0 N–H and O–H groups in total. The van der Waals surface area contributed by atoms with Crippen molar-refractivity contribution in [3.05, 3.63) is 28.8 Å². The maximum atomic E-state index is 12.6. The van der Waals surface area contributed by atoms with Gasteiger partial charge in [-0.2, -0.15) is 5.10 Å². The summed E-state index contributed by atoms with van der Waals surface area (Å²) in [6, 6.07) is 5.37. The zero-order valence-electron chi connectivity index (χ0n) is 13.2. The van der Waals surface area contributed by atoms with Crippen molar-refractivity contribution in [1.29, 1.82) is 0 Å². The molecular weight excluding hydrogens is 314 g/mol. The lowest BCUT2D eigenvalue weighted by Crippen LogP contribution is -2.43. The molecule has 122 valence electrons. The summed E-state index contributed by atoms with van der Waals surface area (Å²) in [5, 5.41) is 6.22. The van der Waals surface area contributed by atoms with Crippen LogP contribution in [0.15, 0.2) is 23.3 Å². The summed E-state index contributed by atoms with van der Waals surface area (Å²) in [4.78, 5) is 26.6. The van der Waals surface area contributed by atoms with E-state index in [2.05, 4.69) is 5.10 Å². The molecule has 2 amide bonds. The van der Waals surface area contributed by atoms with Gasteiger partial charge in [-0.15, -0.1) is 0 Å². The highest BCUT2D eigenvalue weighted by molar-refractivity contribution is 6.40. The van der Waals surface area contributed by atoms with E-state index in [9.17, 15) is 9.59 Å². The minimum absolute atomic E-state index is 0.0413. The van der Waals surface area contributed by atoms with Gasteiger partial charge in [0.1, 0.15) is 5.71 Å². The van der Waals surface area contributed by atoms with Gasteiger partial charge in [-0.25, -0.2) is 5.01 Å². The van der Waals surface area contributed by atoms with Crippen LogP contribution in [0.1, 0.15) is 37.7 Å². The van der Waals surface area contributed by atoms with E-state index in [1.54, 1.807) is 12.1 Å². The number of hydrazone groups is 1. The predicted molar refractivity (Wildman–Crippen MR) is 90.8 cm³/mol. The molecule has 0 unspecified atom stereocenters. The summed E-state index contributed by atoms with van der Waals surface area (Å²) in [7, 11) is 0. The Morgan fingerprint density at radius 3 is 2.61 bits per heavy atom. The molecule has 0 spiro atoms. The van der Waals surface area contributed by atoms with Gasteiger partial charge in [0.25, 0.3) is 5.91 Å². The van der Waals surface area contributed by atoms with Crippen LogP contribution in [0.25, 0.3) is 0 Å². The molecule has 3 rings (SSSR count). The molecule has 2 aliphatic rings. The maximum Gasteiger partial charge on any atom is 0.270 e. The summed E-state index contributed by atoms with van der Waals surface area (Å²) in [6.07, 6.45) is 3.95. The highest BCUT2D eigenvalue weighted by Gasteiger charge is 2.29. The number of benzene rings is 1. The standard InChI is InChI=1S/C17H20ClN3O2/c1-12-5-6-13(11-14(12)18)21-16(22)8-7-15(19-21)17(23)20-9-3-2-4-10-20/h5-6,11H,2-4,7-10H2,1H3. The lowest BCUT2D eigenvalue weighted by Gasteiger charge is -2.29. The Hall–Kier alpha value is -1.88. The number of hydrogen-bond donors (Lipinski definition) is 0. The highest BCUT2D eigenvalue weighted by Crippen LogP contribution is 2.26. The van der Waals surface area contributed by atoms with Crippen molar-refractivity contribution in [2.75, 3.05) is 18.1 Å². The predicted octanol–water partition coefficient (Wildman–Crippen LogP) is 3.14. The van der Waals surface area contributed by atoms with E-state index in [4.69, 9.17) is 11.6 Å². The first kappa shape index (κ1) is 16.0. The topological polar surface area (TPSA) is 53.0 Å². The average molecular weight is 334 g/mol. The van der Waals surface area contributed by atoms with Gasteiger partial charge >= 0.3 is 0 Å². The van der Waals surface area contributed by atoms with E-state index in [1.165, 1.54) is 11.4 Å². The van der Waals surface area contributed by atoms with E-state index < -0.39 is 0 Å². The number of piperidine rings is 1. The number of anilines is 1. The molecule has 1 saturated heterocycles. The molecule has 1 aromatic rings. The van der Waals surface area contributed by atoms with Gasteiger partial charge in [0.05, 0.1) is 5.69 Å². The van der Waals surface area contributed by atoms with Crippen LogP contribution < -0.4 is 5.01 Å². The molecule has 0 atom stereocenters. The Bertz CT molecular complexity index is 666. The second-order valence-electron chi connectivity index (χ2n) is 6.04. The summed E-state index contributed by atoms with van der Waals surface area (Å²) >= 11 is 6.14. The lowest BCUT2D eigenvalue weighted by molar-refractivity contribution is -0.125. The Kier molecular flexibility index (Phi) is 4.66. The zero-order valence-corrected chi connectivity index (χ0v) is 14.0. The number of amides is 2. The van der Waals surface area contributed by atoms with Crippen molar-refractivity contribution in [3.8, 4) is 0 Å². The Morgan fingerprint density at radius 1 is 1.17 bits per heavy atom. The first-order valence-corrected chi connectivity index (χ1v) is 8.40. The minimum Gasteiger partial charge on any atom is -0.338 e. The van der Waals surface area contributed by atoms with Gasteiger partial charge in [0, 0.05) is 31.0 Å². The number of halogens is 1. The Morgan fingerprint density at radius 2 is 1.91 bits per heavy atom. The third-order valence-corrected chi connectivity index (χ3v) is 4.73. The van der Waals surface area contributed by atoms with Crippen LogP contribution in [0, 0.1) is 6.92 Å². The fourth-order valence-electron chi connectivity index (χ4n) is 2.90. The average Bonchev–Trinajstić information content (AvgIpc) is 2.58. The van der Waals surface area contributed by atoms with Crippen molar-refractivity contribution >= 4 is 34.8 Å². The van der Waals surface area contributed by atoms with Gasteiger partial charge in [-0.05, 0) is 43.9 Å². The lowest BCUT2D eigenvalue weighted by atomic mass is 10.1. The fraction of sp³-hybridized carbons (Fsp3) is 0.471. The number of likely N-dealkylation sites (tertiary alicyclic amines) is 1. The quantitative estimate of drug-likeness (QED) is 0.834. The SMILES string of the molecule is Cc1ccc(N2N=C(C(=O)N3CCCCC3)CCC2=O)cc1Cl. The second-order valence-corrected chi connectivity index (χ2v) is 6.45. The monoisotopic (exact) mass is 333 g/mol. The first-order chi connectivity index (χ1) is 11.1. The van der Waals surface area contributed by atoms with Crippen LogP contribution in [0.4, 0.5) is 5.69 Å². The molecule has 1 fully saturated rings. The zero-order chi connectivity index (χ0) is 16.4. The Labute approximate surface area is 140 Å². The van der Waals surface area contributed by atoms with Gasteiger partial charge in [-0.1, -0.05) is 17.7 Å². The number of hydrogen-bond acceptors (Lipinski definition) is 3. The largest absolute Gasteiger partial charge is 0.338 e. The van der Waals surface area contributed by atoms with Crippen molar-refractivity contribution < 1.29 is 9.59 Å². The molecule has 0 aliphatic carbocycles. The molecule has 23 heavy (non-hydrogen) atoms. The molecule has 5 nitrogen and oxygen atoms in total. The number of nitrogens with zero attached hydrogens (tertiary/aromatic N) is 3. The molecule has 6 heteroatoms. The molecule has 0 aromatic heterocycles. The minimum atomic E-state index is -0.111. The third kappa shape index (κ3) is 3.39. The van der Waals surface area contributed by atoms with E-state index in [0.717, 1.165) is 31.5 Å². The maximum absolute atomic E-state index is 12.6. The molecule has 0 bridgehead atoms. The second kappa shape index (κ2) is 6.71. The summed E-state index contributed by atoms with van der Waals surface area (Å²) in [6.45, 7) is 3.46. The third-order valence-electron chi connectivity index (χ3n) is 4.32. The van der Waals surface area contributed by atoms with Crippen molar-refractivity contribution in [1.82, 2.24) is 4.90 Å². The van der Waals surface area contributed by atoms with Crippen LogP contribution in [0.2, 0.25) is 5.02 Å². The molecular formula is C17H20ClN3O2. The molecule has 2 aliphatic heterocycles. The van der Waals surface area contributed by atoms with Crippen molar-refractivity contribution in [3.63, 3.8) is 0 Å². The van der Waals surface area contributed by atoms with Crippen LogP contribution in [-0.4, -0.2) is 35.5 Å². The van der Waals surface area contributed by atoms with E-state index in [1.807, 2.05) is 17.9 Å². The molecule has 0 radical (unpaired) electrons. The van der Waals surface area contributed by atoms with Crippen LogP contribution in [0.3, 0.4) is 0 Å². The molecule has 2 heterocycles. The van der Waals surface area contributed by atoms with E-state index in [0.29, 0.717) is 29.3 Å². The van der Waals surface area contributed by atoms with E-state index >= 15 is 0 Å². The Balaban J connectivity index is 1.85. The van der Waals surface area contributed by atoms with Gasteiger partial charge in [0.15, 0.2) is 0 Å². The first-order valence-electron chi connectivity index (χ1n) is 8.02. The summed E-state index contributed by atoms with van der Waals surface area (Å²) in [5.74, 6) is -0.152. The smallest absolute Gasteiger partial charge is 0.270 e. The van der Waals surface area contributed by atoms with Crippen LogP contribution >= 0.6 is 11.6 Å². The van der Waals surface area contributed by atoms with Gasteiger partial charge in [-0.3, -0.25) is 9.59 Å². The van der Waals surface area contributed by atoms with Crippen LogP contribution in [-0.2, 0) is 9.59 Å². The highest BCUT2D eigenvalue weighted by atomic mass is 35.5. The van der Waals surface area contributed by atoms with Crippen molar-refractivity contribution in [2.45, 2.75) is 39.0 Å². The fourth-order valence-corrected chi connectivity index (χ4v) is 3.08. The number of rotatable bonds is 2. The number of carbonyl (C=O) groups is 2. The molecule has 0 saturated carbocycles. The van der Waals surface area contributed by atoms with Crippen LogP contribution in [0.5, 0.6) is 0 Å². The van der Waals surface area contributed by atoms with Crippen molar-refractivity contribution in [2.24, 2.45) is 5.10 Å². The van der Waals surface area contributed by atoms with Gasteiger partial charge < -0.3 is 4.90 Å². The summed E-state index contributed by atoms with van der Waals surface area (Å²) < 4.78 is 0. The van der Waals surface area contributed by atoms with Gasteiger partial charge in [0.2, 0.25) is 5.91 Å². The number of aryl methyl sites for hydroxylation is 1. The summed E-state index contributed by atoms with van der Waals surface area (Å²) in [5.41, 5.74) is 2.01. The number of carbonyl (C=O) groups excluding carboxylic acids is 2. The van der Waals surface area contributed by atoms with E-state index in [-0.39, 0.29) is 11.8 Å².